The highest BCUT2D eigenvalue weighted by molar-refractivity contribution is 5.91. The quantitative estimate of drug-likeness (QED) is 0.183. The van der Waals surface area contributed by atoms with Crippen LogP contribution >= 0.6 is 0 Å². The molecule has 0 aromatic rings. The molecule has 0 spiro atoms. The second-order valence-corrected chi connectivity index (χ2v) is 7.00. The van der Waals surface area contributed by atoms with Gasteiger partial charge in [-0.3, -0.25) is 9.59 Å². The molecular weight excluding hydrogens is 316 g/mol. The van der Waals surface area contributed by atoms with Crippen LogP contribution < -0.4 is 0 Å². The zero-order chi connectivity index (χ0) is 18.8. The van der Waals surface area contributed by atoms with Crippen molar-refractivity contribution in [2.75, 3.05) is 6.61 Å². The number of rotatable bonds is 17. The second kappa shape index (κ2) is 17.8. The van der Waals surface area contributed by atoms with Gasteiger partial charge in [-0.1, -0.05) is 84.5 Å². The first-order valence-corrected chi connectivity index (χ1v) is 10.4. The molecule has 0 aromatic heterocycles. The van der Waals surface area contributed by atoms with E-state index in [4.69, 9.17) is 9.47 Å². The van der Waals surface area contributed by atoms with Gasteiger partial charge in [0.25, 0.3) is 0 Å². The van der Waals surface area contributed by atoms with Crippen molar-refractivity contribution in [3.63, 3.8) is 0 Å². The SMILES string of the molecule is CCCCCCCCCCCCCCOC(=O)CC(=O)OC(C)CC. The van der Waals surface area contributed by atoms with Gasteiger partial charge in [0.15, 0.2) is 0 Å². The van der Waals surface area contributed by atoms with Crippen LogP contribution in [0.5, 0.6) is 0 Å². The van der Waals surface area contributed by atoms with E-state index in [9.17, 15) is 9.59 Å². The zero-order valence-corrected chi connectivity index (χ0v) is 16.8. The Labute approximate surface area is 155 Å². The fourth-order valence-corrected chi connectivity index (χ4v) is 2.65. The Balaban J connectivity index is 3.30. The van der Waals surface area contributed by atoms with Crippen LogP contribution in [0.15, 0.2) is 0 Å². The largest absolute Gasteiger partial charge is 0.465 e. The summed E-state index contributed by atoms with van der Waals surface area (Å²) in [6, 6.07) is 0. The minimum absolute atomic E-state index is 0.142. The van der Waals surface area contributed by atoms with Gasteiger partial charge in [-0.15, -0.1) is 0 Å². The number of esters is 2. The summed E-state index contributed by atoms with van der Waals surface area (Å²) in [5, 5.41) is 0. The van der Waals surface area contributed by atoms with Gasteiger partial charge in [-0.05, 0) is 19.8 Å². The molecule has 0 N–H and O–H groups in total. The molecule has 25 heavy (non-hydrogen) atoms. The van der Waals surface area contributed by atoms with Crippen molar-refractivity contribution in [3.8, 4) is 0 Å². The number of hydrogen-bond donors (Lipinski definition) is 0. The molecule has 0 rings (SSSR count). The van der Waals surface area contributed by atoms with Crippen LogP contribution in [-0.4, -0.2) is 24.6 Å². The van der Waals surface area contributed by atoms with E-state index in [1.165, 1.54) is 64.2 Å². The summed E-state index contributed by atoms with van der Waals surface area (Å²) in [5.41, 5.74) is 0. The average molecular weight is 357 g/mol. The molecule has 0 fully saturated rings. The molecule has 0 amide bonds. The summed E-state index contributed by atoms with van der Waals surface area (Å²) in [7, 11) is 0. The highest BCUT2D eigenvalue weighted by Crippen LogP contribution is 2.12. The zero-order valence-electron chi connectivity index (χ0n) is 16.8. The minimum atomic E-state index is -0.492. The molecule has 4 heteroatoms. The first kappa shape index (κ1) is 23.9. The van der Waals surface area contributed by atoms with Crippen molar-refractivity contribution in [2.45, 2.75) is 117 Å². The van der Waals surface area contributed by atoms with E-state index < -0.39 is 11.9 Å². The van der Waals surface area contributed by atoms with Crippen molar-refractivity contribution in [1.29, 1.82) is 0 Å². The molecule has 0 aliphatic rings. The van der Waals surface area contributed by atoms with Crippen LogP contribution in [-0.2, 0) is 19.1 Å². The molecule has 0 saturated heterocycles. The lowest BCUT2D eigenvalue weighted by atomic mass is 10.1. The van der Waals surface area contributed by atoms with Crippen LogP contribution in [0.1, 0.15) is 111 Å². The molecule has 1 atom stereocenters. The third-order valence-electron chi connectivity index (χ3n) is 4.46. The Bertz CT molecular complexity index is 328. The molecule has 0 radical (unpaired) electrons. The monoisotopic (exact) mass is 356 g/mol. The van der Waals surface area contributed by atoms with E-state index in [1.807, 2.05) is 13.8 Å². The van der Waals surface area contributed by atoms with E-state index in [0.29, 0.717) is 6.61 Å². The topological polar surface area (TPSA) is 52.6 Å². The highest BCUT2D eigenvalue weighted by Gasteiger charge is 2.14. The van der Waals surface area contributed by atoms with Crippen LogP contribution in [0, 0.1) is 0 Å². The molecular formula is C21H40O4. The van der Waals surface area contributed by atoms with Gasteiger partial charge < -0.3 is 9.47 Å². The standard InChI is InChI=1S/C21H40O4/c1-4-6-7-8-9-10-11-12-13-14-15-16-17-24-20(22)18-21(23)25-19(3)5-2/h19H,4-18H2,1-3H3. The predicted molar refractivity (Wildman–Crippen MR) is 102 cm³/mol. The lowest BCUT2D eigenvalue weighted by molar-refractivity contribution is -0.157. The number of carbonyl (C=O) groups is 2. The van der Waals surface area contributed by atoms with Crippen LogP contribution in [0.4, 0.5) is 0 Å². The van der Waals surface area contributed by atoms with Crippen molar-refractivity contribution >= 4 is 11.9 Å². The molecule has 1 unspecified atom stereocenters. The predicted octanol–water partition coefficient (Wildman–Crippen LogP) is 5.96. The molecule has 0 bridgehead atoms. The minimum Gasteiger partial charge on any atom is -0.465 e. The molecule has 0 aromatic carbocycles. The van der Waals surface area contributed by atoms with Gasteiger partial charge in [0.2, 0.25) is 0 Å². The molecule has 0 aliphatic carbocycles. The van der Waals surface area contributed by atoms with E-state index in [-0.39, 0.29) is 12.5 Å². The first-order chi connectivity index (χ1) is 12.1. The number of unbranched alkanes of at least 4 members (excludes halogenated alkanes) is 11. The van der Waals surface area contributed by atoms with Gasteiger partial charge in [0.1, 0.15) is 6.42 Å². The first-order valence-electron chi connectivity index (χ1n) is 10.4. The maximum absolute atomic E-state index is 11.5. The van der Waals surface area contributed by atoms with Crippen molar-refractivity contribution in [2.24, 2.45) is 0 Å². The Hall–Kier alpha value is -1.06. The third-order valence-corrected chi connectivity index (χ3v) is 4.46. The van der Waals surface area contributed by atoms with Crippen LogP contribution in [0.2, 0.25) is 0 Å². The van der Waals surface area contributed by atoms with Gasteiger partial charge in [0, 0.05) is 0 Å². The summed E-state index contributed by atoms with van der Waals surface area (Å²) in [6.45, 7) is 6.41. The summed E-state index contributed by atoms with van der Waals surface area (Å²) >= 11 is 0. The molecule has 148 valence electrons. The molecule has 4 nitrogen and oxygen atoms in total. The number of hydrogen-bond acceptors (Lipinski definition) is 4. The molecule has 0 heterocycles. The summed E-state index contributed by atoms with van der Waals surface area (Å²) in [5.74, 6) is -0.967. The van der Waals surface area contributed by atoms with E-state index >= 15 is 0 Å². The fourth-order valence-electron chi connectivity index (χ4n) is 2.65. The summed E-state index contributed by atoms with van der Waals surface area (Å²) in [4.78, 5) is 22.9. The maximum Gasteiger partial charge on any atom is 0.317 e. The Kier molecular flexibility index (Phi) is 17.0. The van der Waals surface area contributed by atoms with Crippen molar-refractivity contribution in [3.05, 3.63) is 0 Å². The average Bonchev–Trinajstić information content (AvgIpc) is 2.58. The van der Waals surface area contributed by atoms with E-state index in [0.717, 1.165) is 19.3 Å². The summed E-state index contributed by atoms with van der Waals surface area (Å²) < 4.78 is 10.1. The van der Waals surface area contributed by atoms with Gasteiger partial charge >= 0.3 is 11.9 Å². The molecule has 0 saturated carbocycles. The highest BCUT2D eigenvalue weighted by atomic mass is 16.6. The number of carbonyl (C=O) groups excluding carboxylic acids is 2. The Morgan fingerprint density at radius 1 is 0.720 bits per heavy atom. The summed E-state index contributed by atoms with van der Waals surface area (Å²) in [6.07, 6.45) is 15.7. The van der Waals surface area contributed by atoms with Crippen molar-refractivity contribution < 1.29 is 19.1 Å². The van der Waals surface area contributed by atoms with Crippen LogP contribution in [0.3, 0.4) is 0 Å². The van der Waals surface area contributed by atoms with Gasteiger partial charge in [-0.2, -0.15) is 0 Å². The third kappa shape index (κ3) is 17.6. The molecule has 0 aliphatic heterocycles. The number of ether oxygens (including phenoxy) is 2. The van der Waals surface area contributed by atoms with E-state index in [1.54, 1.807) is 0 Å². The van der Waals surface area contributed by atoms with Gasteiger partial charge in [-0.25, -0.2) is 0 Å². The fraction of sp³-hybridized carbons (Fsp3) is 0.905. The smallest absolute Gasteiger partial charge is 0.317 e. The van der Waals surface area contributed by atoms with Gasteiger partial charge in [0.05, 0.1) is 12.7 Å². The Morgan fingerprint density at radius 2 is 1.20 bits per heavy atom. The van der Waals surface area contributed by atoms with Crippen molar-refractivity contribution in [1.82, 2.24) is 0 Å². The van der Waals surface area contributed by atoms with Crippen LogP contribution in [0.25, 0.3) is 0 Å². The normalized spacial score (nSPS) is 12.0. The van der Waals surface area contributed by atoms with E-state index in [2.05, 4.69) is 6.92 Å². The Morgan fingerprint density at radius 3 is 1.68 bits per heavy atom. The lowest BCUT2D eigenvalue weighted by Crippen LogP contribution is -2.18. The maximum atomic E-state index is 11.5. The lowest BCUT2D eigenvalue weighted by Gasteiger charge is -2.10. The second-order valence-electron chi connectivity index (χ2n) is 7.00.